The summed E-state index contributed by atoms with van der Waals surface area (Å²) in [5.41, 5.74) is -0.511. The van der Waals surface area contributed by atoms with Crippen LogP contribution in [0, 0.1) is 16.7 Å². The summed E-state index contributed by atoms with van der Waals surface area (Å²) >= 11 is 0. The number of carbonyl (C=O) groups excluding carboxylic acids is 1. The molecule has 4 heterocycles. The zero-order valence-corrected chi connectivity index (χ0v) is 19.2. The first-order valence-electron chi connectivity index (χ1n) is 12.2. The predicted molar refractivity (Wildman–Crippen MR) is 113 cm³/mol. The van der Waals surface area contributed by atoms with E-state index in [1.165, 1.54) is 4.68 Å². The van der Waals surface area contributed by atoms with Crippen molar-refractivity contribution in [2.45, 2.75) is 62.9 Å². The molecule has 188 valence electrons. The highest BCUT2D eigenvalue weighted by atomic mass is 19.4. The second-order valence-electron chi connectivity index (χ2n) is 11.7. The number of carbonyl (C=O) groups is 1. The number of aromatic nitrogens is 6. The Morgan fingerprint density at radius 1 is 0.971 bits per heavy atom. The normalized spacial score (nSPS) is 26.3. The number of alkyl halides is 3. The average molecular weight is 493 g/mol. The van der Waals surface area contributed by atoms with E-state index in [9.17, 15) is 23.1 Å². The molecule has 1 N–H and O–H groups in total. The number of hydrogen-bond acceptors (Lipinski definition) is 6. The third kappa shape index (κ3) is 3.45. The minimum atomic E-state index is -4.52. The number of halogens is 3. The lowest BCUT2D eigenvalue weighted by molar-refractivity contribution is -0.145. The van der Waals surface area contributed by atoms with E-state index in [0.29, 0.717) is 12.4 Å². The summed E-state index contributed by atoms with van der Waals surface area (Å²) in [7, 11) is 0. The highest BCUT2D eigenvalue weighted by molar-refractivity contribution is 5.77. The van der Waals surface area contributed by atoms with Gasteiger partial charge in [0, 0.05) is 43.6 Å². The molecule has 0 radical (unpaired) electrons. The van der Waals surface area contributed by atoms with Gasteiger partial charge in [0.25, 0.3) is 5.82 Å². The van der Waals surface area contributed by atoms with Gasteiger partial charge in [0.1, 0.15) is 18.3 Å². The van der Waals surface area contributed by atoms with Crippen molar-refractivity contribution in [2.24, 2.45) is 16.7 Å². The van der Waals surface area contributed by atoms with Gasteiger partial charge in [-0.15, -0.1) is 5.10 Å². The van der Waals surface area contributed by atoms with Gasteiger partial charge >= 0.3 is 12.2 Å². The van der Waals surface area contributed by atoms with Crippen LogP contribution in [-0.4, -0.2) is 76.6 Å². The lowest BCUT2D eigenvalue weighted by Crippen LogP contribution is -2.71. The Morgan fingerprint density at radius 2 is 1.60 bits per heavy atom. The number of urea groups is 1. The molecule has 2 aliphatic heterocycles. The van der Waals surface area contributed by atoms with E-state index in [2.05, 4.69) is 20.2 Å². The van der Waals surface area contributed by atoms with Crippen molar-refractivity contribution in [1.29, 1.82) is 0 Å². The fraction of sp³-hybridized carbons (Fsp3) is 0.773. The highest BCUT2D eigenvalue weighted by Crippen LogP contribution is 2.56. The fourth-order valence-corrected chi connectivity index (χ4v) is 6.72. The topological polar surface area (TPSA) is 105 Å². The number of nitrogens with zero attached hydrogens (tertiary/aromatic N) is 8. The number of aliphatic hydroxyl groups is 1. The van der Waals surface area contributed by atoms with Gasteiger partial charge < -0.3 is 14.9 Å². The number of likely N-dealkylation sites (tertiary alicyclic amines) is 2. The molecule has 2 saturated heterocycles. The van der Waals surface area contributed by atoms with Crippen LogP contribution in [0.3, 0.4) is 0 Å². The van der Waals surface area contributed by atoms with Crippen LogP contribution in [0.5, 0.6) is 0 Å². The summed E-state index contributed by atoms with van der Waals surface area (Å²) in [6, 6.07) is 0.380. The maximum Gasteiger partial charge on any atom is 0.453 e. The van der Waals surface area contributed by atoms with Gasteiger partial charge in [-0.1, -0.05) is 0 Å². The lowest BCUT2D eigenvalue weighted by Gasteiger charge is -2.63. The molecule has 35 heavy (non-hydrogen) atoms. The van der Waals surface area contributed by atoms with E-state index in [1.807, 2.05) is 14.5 Å². The molecular formula is C22H27F3N8O2. The number of rotatable bonds is 4. The number of hydrogen-bond donors (Lipinski definition) is 1. The molecule has 2 spiro atoms. The molecule has 7 rings (SSSR count). The van der Waals surface area contributed by atoms with E-state index in [-0.39, 0.29) is 28.8 Å². The smallest absolute Gasteiger partial charge is 0.382 e. The molecular weight excluding hydrogens is 465 g/mol. The maximum atomic E-state index is 12.9. The van der Waals surface area contributed by atoms with Crippen LogP contribution < -0.4 is 0 Å². The minimum absolute atomic E-state index is 0.0956. The zero-order valence-electron chi connectivity index (χ0n) is 19.2. The summed E-state index contributed by atoms with van der Waals surface area (Å²) in [6.45, 7) is 3.43. The van der Waals surface area contributed by atoms with Gasteiger partial charge in [0.05, 0.1) is 6.04 Å². The Morgan fingerprint density at radius 3 is 2.17 bits per heavy atom. The molecule has 10 nitrogen and oxygen atoms in total. The number of amides is 2. The molecule has 3 aliphatic carbocycles. The molecule has 0 atom stereocenters. The molecule has 2 amide bonds. The van der Waals surface area contributed by atoms with Crippen molar-refractivity contribution in [3.05, 3.63) is 24.3 Å². The van der Waals surface area contributed by atoms with Crippen molar-refractivity contribution in [1.82, 2.24) is 39.3 Å². The average Bonchev–Trinajstić information content (AvgIpc) is 3.10. The van der Waals surface area contributed by atoms with Crippen molar-refractivity contribution >= 4 is 6.03 Å². The van der Waals surface area contributed by atoms with E-state index in [0.717, 1.165) is 71.0 Å². The predicted octanol–water partition coefficient (Wildman–Crippen LogP) is 2.04. The van der Waals surface area contributed by atoms with Gasteiger partial charge in [-0.05, 0) is 44.4 Å². The molecule has 0 aromatic carbocycles. The maximum absolute atomic E-state index is 12.9. The summed E-state index contributed by atoms with van der Waals surface area (Å²) in [5.74, 6) is -0.298. The van der Waals surface area contributed by atoms with Crippen LogP contribution in [0.15, 0.2) is 12.7 Å². The quantitative estimate of drug-likeness (QED) is 0.701. The fourth-order valence-electron chi connectivity index (χ4n) is 6.72. The van der Waals surface area contributed by atoms with Crippen LogP contribution in [-0.2, 0) is 18.3 Å². The first kappa shape index (κ1) is 21.6. The third-order valence-corrected chi connectivity index (χ3v) is 8.68. The molecule has 5 fully saturated rings. The first-order chi connectivity index (χ1) is 16.5. The Labute approximate surface area is 199 Å². The van der Waals surface area contributed by atoms with Crippen molar-refractivity contribution < 1.29 is 23.1 Å². The molecule has 2 aromatic heterocycles. The first-order valence-corrected chi connectivity index (χ1v) is 12.2. The summed E-state index contributed by atoms with van der Waals surface area (Å²) in [6.07, 6.45) is 3.55. The van der Waals surface area contributed by atoms with E-state index < -0.39 is 17.6 Å². The van der Waals surface area contributed by atoms with Gasteiger partial charge in [0.2, 0.25) is 0 Å². The van der Waals surface area contributed by atoms with E-state index in [4.69, 9.17) is 0 Å². The lowest BCUT2D eigenvalue weighted by atomic mass is 9.57. The molecule has 2 aromatic rings. The third-order valence-electron chi connectivity index (χ3n) is 8.68. The summed E-state index contributed by atoms with van der Waals surface area (Å²) in [4.78, 5) is 24.3. The van der Waals surface area contributed by atoms with Gasteiger partial charge in [-0.2, -0.15) is 18.3 Å². The summed E-state index contributed by atoms with van der Waals surface area (Å²) in [5, 5.41) is 18.2. The van der Waals surface area contributed by atoms with Gasteiger partial charge in [0.15, 0.2) is 5.82 Å². The Balaban J connectivity index is 0.845. The molecule has 0 bridgehead atoms. The van der Waals surface area contributed by atoms with Crippen LogP contribution in [0.1, 0.15) is 56.2 Å². The minimum Gasteiger partial charge on any atom is -0.382 e. The van der Waals surface area contributed by atoms with Gasteiger partial charge in [-0.3, -0.25) is 4.68 Å². The Kier molecular flexibility index (Phi) is 4.15. The van der Waals surface area contributed by atoms with Crippen LogP contribution in [0.25, 0.3) is 0 Å². The molecule has 3 saturated carbocycles. The Hall–Kier alpha value is -2.70. The van der Waals surface area contributed by atoms with Gasteiger partial charge in [-0.25, -0.2) is 19.4 Å². The zero-order chi connectivity index (χ0) is 24.2. The second-order valence-corrected chi connectivity index (χ2v) is 11.7. The second kappa shape index (κ2) is 6.74. The Bertz CT molecular complexity index is 1160. The largest absolute Gasteiger partial charge is 0.453 e. The highest BCUT2D eigenvalue weighted by Gasteiger charge is 2.59. The van der Waals surface area contributed by atoms with E-state index >= 15 is 0 Å². The van der Waals surface area contributed by atoms with Crippen molar-refractivity contribution in [3.8, 4) is 0 Å². The molecule has 13 heteroatoms. The standard InChI is InChI=1S/C22H27F3N8O2/c23-22(24,25)17-26-12-32(28-17)7-14-3-19(4-14)8-30(9-19)18(34)31-10-20(11-31)5-15(6-20)33-13-27-16(29-33)21(35)1-2-21/h12-15,35H,1-11H2. The monoisotopic (exact) mass is 492 g/mol. The van der Waals surface area contributed by atoms with Crippen LogP contribution >= 0.6 is 0 Å². The van der Waals surface area contributed by atoms with Crippen LogP contribution in [0.4, 0.5) is 18.0 Å². The van der Waals surface area contributed by atoms with Crippen LogP contribution in [0.2, 0.25) is 0 Å². The molecule has 5 aliphatic rings. The van der Waals surface area contributed by atoms with E-state index in [1.54, 1.807) is 6.33 Å². The van der Waals surface area contributed by atoms with Crippen molar-refractivity contribution in [3.63, 3.8) is 0 Å². The molecule has 0 unspecified atom stereocenters. The summed E-state index contributed by atoms with van der Waals surface area (Å²) < 4.78 is 41.1. The van der Waals surface area contributed by atoms with Crippen molar-refractivity contribution in [2.75, 3.05) is 26.2 Å². The SMILES string of the molecule is O=C(N1CC2(CC(Cn3cnc(C(F)(F)F)n3)C2)C1)N1CC2(CC(n3cnc(C4(O)CC4)n3)C2)C1.